The lowest BCUT2D eigenvalue weighted by Gasteiger charge is -2.06. The minimum atomic E-state index is -0.640. The van der Waals surface area contributed by atoms with Gasteiger partial charge in [-0.15, -0.1) is 0 Å². The maximum atomic E-state index is 12.2. The molecular formula is C19H17ClN4O4. The Kier molecular flexibility index (Phi) is 5.60. The first-order valence-corrected chi connectivity index (χ1v) is 8.73. The third-order valence-corrected chi connectivity index (χ3v) is 4.28. The van der Waals surface area contributed by atoms with Gasteiger partial charge in [0.25, 0.3) is 0 Å². The molecule has 144 valence electrons. The lowest BCUT2D eigenvalue weighted by Crippen LogP contribution is -2.10. The van der Waals surface area contributed by atoms with Crippen molar-refractivity contribution in [2.45, 2.75) is 20.4 Å². The van der Waals surface area contributed by atoms with E-state index in [0.29, 0.717) is 22.9 Å². The summed E-state index contributed by atoms with van der Waals surface area (Å²) in [5, 5.41) is 18.5. The van der Waals surface area contributed by atoms with E-state index in [1.807, 2.05) is 25.1 Å². The third kappa shape index (κ3) is 4.47. The second-order valence-electron chi connectivity index (χ2n) is 6.09. The fourth-order valence-electron chi connectivity index (χ4n) is 2.69. The van der Waals surface area contributed by atoms with Crippen molar-refractivity contribution in [1.29, 1.82) is 0 Å². The number of halogens is 1. The van der Waals surface area contributed by atoms with Gasteiger partial charge in [-0.25, -0.2) is 0 Å². The van der Waals surface area contributed by atoms with E-state index in [0.717, 1.165) is 11.3 Å². The third-order valence-electron chi connectivity index (χ3n) is 4.04. The molecule has 0 bridgehead atoms. The molecule has 9 heteroatoms. The van der Waals surface area contributed by atoms with Crippen LogP contribution in [0.15, 0.2) is 46.9 Å². The Hall–Kier alpha value is -3.39. The number of carbonyl (C=O) groups is 1. The number of furan rings is 1. The number of benzene rings is 1. The molecule has 1 N–H and O–H groups in total. The molecule has 0 atom stereocenters. The Morgan fingerprint density at radius 3 is 2.82 bits per heavy atom. The topological polar surface area (TPSA) is 103 Å². The first-order chi connectivity index (χ1) is 13.3. The van der Waals surface area contributed by atoms with Gasteiger partial charge in [0.2, 0.25) is 5.91 Å². The lowest BCUT2D eigenvalue weighted by molar-refractivity contribution is -0.402. The molecule has 0 radical (unpaired) electrons. The number of amides is 1. The van der Waals surface area contributed by atoms with Crippen LogP contribution < -0.4 is 5.32 Å². The molecule has 1 amide bonds. The van der Waals surface area contributed by atoms with Crippen molar-refractivity contribution in [2.24, 2.45) is 0 Å². The minimum absolute atomic E-state index is 0.215. The summed E-state index contributed by atoms with van der Waals surface area (Å²) in [5.74, 6) is -0.562. The highest BCUT2D eigenvalue weighted by molar-refractivity contribution is 6.30. The number of nitrogens with one attached hydrogen (secondary N) is 1. The Balaban J connectivity index is 1.71. The highest BCUT2D eigenvalue weighted by atomic mass is 35.5. The molecule has 0 saturated carbocycles. The fourth-order valence-corrected chi connectivity index (χ4v) is 2.91. The van der Waals surface area contributed by atoms with Gasteiger partial charge in [0, 0.05) is 11.1 Å². The van der Waals surface area contributed by atoms with Crippen LogP contribution in [0.4, 0.5) is 11.6 Å². The summed E-state index contributed by atoms with van der Waals surface area (Å²) < 4.78 is 6.77. The quantitative estimate of drug-likeness (QED) is 0.376. The summed E-state index contributed by atoms with van der Waals surface area (Å²) in [6.45, 7) is 4.19. The monoisotopic (exact) mass is 400 g/mol. The van der Waals surface area contributed by atoms with Crippen LogP contribution in [-0.2, 0) is 11.3 Å². The van der Waals surface area contributed by atoms with E-state index in [2.05, 4.69) is 10.4 Å². The highest BCUT2D eigenvalue weighted by Gasteiger charge is 2.14. The zero-order valence-electron chi connectivity index (χ0n) is 15.2. The summed E-state index contributed by atoms with van der Waals surface area (Å²) in [6.07, 6.45) is 2.61. The first-order valence-electron chi connectivity index (χ1n) is 8.35. The average molecular weight is 401 g/mol. The van der Waals surface area contributed by atoms with E-state index >= 15 is 0 Å². The van der Waals surface area contributed by atoms with Crippen molar-refractivity contribution >= 4 is 35.2 Å². The smallest absolute Gasteiger partial charge is 0.401 e. The molecular weight excluding hydrogens is 384 g/mol. The summed E-state index contributed by atoms with van der Waals surface area (Å²) in [5.41, 5.74) is 3.08. The summed E-state index contributed by atoms with van der Waals surface area (Å²) in [7, 11) is 0. The highest BCUT2D eigenvalue weighted by Crippen LogP contribution is 2.22. The van der Waals surface area contributed by atoms with Crippen molar-refractivity contribution in [3.63, 3.8) is 0 Å². The predicted octanol–water partition coefficient (Wildman–Crippen LogP) is 4.35. The van der Waals surface area contributed by atoms with Crippen LogP contribution in [-0.4, -0.2) is 20.6 Å². The Labute approximate surface area is 165 Å². The zero-order valence-corrected chi connectivity index (χ0v) is 15.9. The molecule has 0 aliphatic heterocycles. The minimum Gasteiger partial charge on any atom is -0.401 e. The summed E-state index contributed by atoms with van der Waals surface area (Å²) in [4.78, 5) is 22.2. The number of nitro groups is 1. The van der Waals surface area contributed by atoms with Crippen molar-refractivity contribution < 1.29 is 14.1 Å². The van der Waals surface area contributed by atoms with E-state index < -0.39 is 10.8 Å². The van der Waals surface area contributed by atoms with Crippen LogP contribution in [0.3, 0.4) is 0 Å². The van der Waals surface area contributed by atoms with Gasteiger partial charge in [-0.3, -0.25) is 19.6 Å². The summed E-state index contributed by atoms with van der Waals surface area (Å²) in [6, 6.07) is 10.1. The number of aryl methyl sites for hydroxylation is 1. The molecule has 28 heavy (non-hydrogen) atoms. The SMILES string of the molecule is Cc1nn(Cc2cccc(Cl)c2)c(C)c1NC(=O)/C=C/c1ccc([N+](=O)[O-])o1. The normalized spacial score (nSPS) is 11.1. The van der Waals surface area contributed by atoms with E-state index in [-0.39, 0.29) is 11.6 Å². The Morgan fingerprint density at radius 2 is 2.14 bits per heavy atom. The van der Waals surface area contributed by atoms with E-state index in [4.69, 9.17) is 16.0 Å². The molecule has 0 aliphatic rings. The van der Waals surface area contributed by atoms with Crippen LogP contribution in [0, 0.1) is 24.0 Å². The number of anilines is 1. The van der Waals surface area contributed by atoms with Gasteiger partial charge in [-0.1, -0.05) is 23.7 Å². The van der Waals surface area contributed by atoms with Gasteiger partial charge in [-0.05, 0) is 43.7 Å². The molecule has 2 aromatic heterocycles. The van der Waals surface area contributed by atoms with Crippen LogP contribution in [0.1, 0.15) is 22.7 Å². The van der Waals surface area contributed by atoms with Crippen molar-refractivity contribution in [3.8, 4) is 0 Å². The zero-order chi connectivity index (χ0) is 20.3. The molecule has 2 heterocycles. The molecule has 1 aromatic carbocycles. The number of carbonyl (C=O) groups excluding carboxylic acids is 1. The molecule has 8 nitrogen and oxygen atoms in total. The van der Waals surface area contributed by atoms with Gasteiger partial charge in [0.1, 0.15) is 10.7 Å². The number of aromatic nitrogens is 2. The summed E-state index contributed by atoms with van der Waals surface area (Å²) >= 11 is 6.02. The van der Waals surface area contributed by atoms with Crippen LogP contribution in [0.2, 0.25) is 5.02 Å². The molecule has 3 aromatic rings. The molecule has 0 unspecified atom stereocenters. The van der Waals surface area contributed by atoms with Crippen molar-refractivity contribution in [2.75, 3.05) is 5.32 Å². The predicted molar refractivity (Wildman–Crippen MR) is 105 cm³/mol. The van der Waals surface area contributed by atoms with E-state index in [9.17, 15) is 14.9 Å². The second kappa shape index (κ2) is 8.10. The maximum Gasteiger partial charge on any atom is 0.433 e. The Bertz CT molecular complexity index is 1070. The average Bonchev–Trinajstić information content (AvgIpc) is 3.21. The first kappa shape index (κ1) is 19.4. The number of hydrogen-bond acceptors (Lipinski definition) is 5. The van der Waals surface area contributed by atoms with Crippen molar-refractivity contribution in [1.82, 2.24) is 9.78 Å². The lowest BCUT2D eigenvalue weighted by atomic mass is 10.2. The molecule has 0 spiro atoms. The molecule has 0 fully saturated rings. The van der Waals surface area contributed by atoms with Gasteiger partial charge in [-0.2, -0.15) is 5.10 Å². The second-order valence-corrected chi connectivity index (χ2v) is 6.53. The van der Waals surface area contributed by atoms with Gasteiger partial charge >= 0.3 is 5.88 Å². The number of nitrogens with zero attached hydrogens (tertiary/aromatic N) is 3. The van der Waals surface area contributed by atoms with Crippen molar-refractivity contribution in [3.05, 3.63) is 80.3 Å². The van der Waals surface area contributed by atoms with Gasteiger partial charge < -0.3 is 9.73 Å². The molecule has 0 aliphatic carbocycles. The van der Waals surface area contributed by atoms with Crippen LogP contribution >= 0.6 is 11.6 Å². The van der Waals surface area contributed by atoms with Crippen LogP contribution in [0.5, 0.6) is 0 Å². The largest absolute Gasteiger partial charge is 0.433 e. The van der Waals surface area contributed by atoms with Gasteiger partial charge in [0.15, 0.2) is 0 Å². The van der Waals surface area contributed by atoms with Crippen LogP contribution in [0.25, 0.3) is 6.08 Å². The fraction of sp³-hybridized carbons (Fsp3) is 0.158. The standard InChI is InChI=1S/C19H17ClN4O4/c1-12-19(13(2)23(22-12)11-14-4-3-5-15(20)10-14)21-17(25)8-6-16-7-9-18(28-16)24(26)27/h3-10H,11H2,1-2H3,(H,21,25)/b8-6+. The van der Waals surface area contributed by atoms with Gasteiger partial charge in [0.05, 0.1) is 29.7 Å². The number of hydrogen-bond donors (Lipinski definition) is 1. The van der Waals surface area contributed by atoms with E-state index in [1.165, 1.54) is 24.3 Å². The molecule has 3 rings (SSSR count). The van der Waals surface area contributed by atoms with E-state index in [1.54, 1.807) is 17.7 Å². The number of rotatable bonds is 6. The Morgan fingerprint density at radius 1 is 1.36 bits per heavy atom. The maximum absolute atomic E-state index is 12.2. The molecule has 0 saturated heterocycles.